The monoisotopic (exact) mass is 258 g/mol. The zero-order valence-electron chi connectivity index (χ0n) is 11.6. The molecule has 1 saturated heterocycles. The van der Waals surface area contributed by atoms with E-state index < -0.39 is 11.4 Å². The van der Waals surface area contributed by atoms with Crippen molar-refractivity contribution in [3.63, 3.8) is 0 Å². The first kappa shape index (κ1) is 15.4. The summed E-state index contributed by atoms with van der Waals surface area (Å²) in [5, 5.41) is 8.97. The summed E-state index contributed by atoms with van der Waals surface area (Å²) in [6, 6.07) is 0. The predicted molar refractivity (Wildman–Crippen MR) is 69.7 cm³/mol. The Morgan fingerprint density at radius 3 is 2.78 bits per heavy atom. The van der Waals surface area contributed by atoms with Crippen molar-refractivity contribution in [1.29, 1.82) is 0 Å². The summed E-state index contributed by atoms with van der Waals surface area (Å²) in [6.45, 7) is 5.79. The average Bonchev–Trinajstić information content (AvgIpc) is 2.34. The first-order chi connectivity index (χ1) is 8.52. The molecule has 0 aromatic rings. The number of ether oxygens (including phenoxy) is 2. The van der Waals surface area contributed by atoms with E-state index in [1.54, 1.807) is 13.8 Å². The summed E-state index contributed by atoms with van der Waals surface area (Å²) >= 11 is 0. The Morgan fingerprint density at radius 2 is 2.17 bits per heavy atom. The Labute approximate surface area is 110 Å². The van der Waals surface area contributed by atoms with Crippen LogP contribution in [0.1, 0.15) is 52.4 Å². The molecule has 0 aromatic heterocycles. The minimum absolute atomic E-state index is 0.272. The quantitative estimate of drug-likeness (QED) is 0.680. The topological polar surface area (TPSA) is 55.8 Å². The number of aliphatic carboxylic acids is 1. The van der Waals surface area contributed by atoms with Gasteiger partial charge in [-0.1, -0.05) is 6.42 Å². The van der Waals surface area contributed by atoms with Gasteiger partial charge in [-0.3, -0.25) is 4.79 Å². The lowest BCUT2D eigenvalue weighted by Crippen LogP contribution is -2.25. The molecule has 0 amide bonds. The first-order valence-corrected chi connectivity index (χ1v) is 6.95. The van der Waals surface area contributed by atoms with Crippen LogP contribution in [-0.4, -0.2) is 37.0 Å². The van der Waals surface area contributed by atoms with Crippen molar-refractivity contribution in [1.82, 2.24) is 0 Å². The van der Waals surface area contributed by atoms with E-state index in [9.17, 15) is 4.79 Å². The number of unbranched alkanes of at least 4 members (excludes halogenated alkanes) is 1. The Kier molecular flexibility index (Phi) is 6.65. The summed E-state index contributed by atoms with van der Waals surface area (Å²) < 4.78 is 11.1. The fraction of sp³-hybridized carbons (Fsp3) is 0.929. The lowest BCUT2D eigenvalue weighted by molar-refractivity contribution is -0.147. The second kappa shape index (κ2) is 7.74. The SMILES string of the molecule is CC(C)(CCCCOCC1CCCCO1)C(=O)O. The highest BCUT2D eigenvalue weighted by molar-refractivity contribution is 5.73. The molecular formula is C14H26O4. The highest BCUT2D eigenvalue weighted by Crippen LogP contribution is 2.23. The van der Waals surface area contributed by atoms with Crippen LogP contribution in [0.25, 0.3) is 0 Å². The van der Waals surface area contributed by atoms with E-state index in [4.69, 9.17) is 14.6 Å². The largest absolute Gasteiger partial charge is 0.481 e. The van der Waals surface area contributed by atoms with Crippen LogP contribution in [0.15, 0.2) is 0 Å². The molecule has 1 N–H and O–H groups in total. The fourth-order valence-electron chi connectivity index (χ4n) is 2.03. The maximum absolute atomic E-state index is 10.9. The molecule has 1 fully saturated rings. The molecule has 0 radical (unpaired) electrons. The number of carbonyl (C=O) groups is 1. The van der Waals surface area contributed by atoms with Gasteiger partial charge in [0.05, 0.1) is 18.1 Å². The standard InChI is InChI=1S/C14H26O4/c1-14(2,13(15)16)8-4-6-9-17-11-12-7-3-5-10-18-12/h12H,3-11H2,1-2H3,(H,15,16). The molecule has 0 aromatic carbocycles. The number of hydrogen-bond donors (Lipinski definition) is 1. The minimum atomic E-state index is -0.723. The molecule has 1 rings (SSSR count). The van der Waals surface area contributed by atoms with Gasteiger partial charge < -0.3 is 14.6 Å². The van der Waals surface area contributed by atoms with Crippen molar-refractivity contribution >= 4 is 5.97 Å². The minimum Gasteiger partial charge on any atom is -0.481 e. The molecule has 4 nitrogen and oxygen atoms in total. The van der Waals surface area contributed by atoms with Gasteiger partial charge in [0.2, 0.25) is 0 Å². The molecule has 18 heavy (non-hydrogen) atoms. The molecule has 106 valence electrons. The smallest absolute Gasteiger partial charge is 0.309 e. The van der Waals surface area contributed by atoms with Crippen molar-refractivity contribution < 1.29 is 19.4 Å². The van der Waals surface area contributed by atoms with Gasteiger partial charge in [-0.25, -0.2) is 0 Å². The molecule has 1 aliphatic rings. The first-order valence-electron chi connectivity index (χ1n) is 6.95. The van der Waals surface area contributed by atoms with Crippen molar-refractivity contribution in [3.05, 3.63) is 0 Å². The molecule has 0 aliphatic carbocycles. The Hall–Kier alpha value is -0.610. The fourth-order valence-corrected chi connectivity index (χ4v) is 2.03. The predicted octanol–water partition coefficient (Wildman–Crippen LogP) is 2.85. The van der Waals surface area contributed by atoms with Crippen LogP contribution < -0.4 is 0 Å². The van der Waals surface area contributed by atoms with E-state index in [0.717, 1.165) is 25.9 Å². The number of hydrogen-bond acceptors (Lipinski definition) is 3. The lowest BCUT2D eigenvalue weighted by atomic mass is 9.87. The molecule has 1 atom stereocenters. The molecule has 0 bridgehead atoms. The van der Waals surface area contributed by atoms with E-state index in [2.05, 4.69) is 0 Å². The normalized spacial score (nSPS) is 20.9. The molecule has 4 heteroatoms. The van der Waals surface area contributed by atoms with Crippen LogP contribution in [0.3, 0.4) is 0 Å². The van der Waals surface area contributed by atoms with Gasteiger partial charge in [-0.05, 0) is 46.0 Å². The van der Waals surface area contributed by atoms with Crippen LogP contribution >= 0.6 is 0 Å². The second-order valence-corrected chi connectivity index (χ2v) is 5.71. The van der Waals surface area contributed by atoms with Gasteiger partial charge in [-0.15, -0.1) is 0 Å². The van der Waals surface area contributed by atoms with E-state index in [1.807, 2.05) is 0 Å². The number of carboxylic acids is 1. The molecule has 0 saturated carbocycles. The third kappa shape index (κ3) is 5.83. The summed E-state index contributed by atoms with van der Waals surface area (Å²) in [5.74, 6) is -0.723. The van der Waals surface area contributed by atoms with E-state index >= 15 is 0 Å². The highest BCUT2D eigenvalue weighted by atomic mass is 16.5. The number of carboxylic acid groups (broad SMARTS) is 1. The highest BCUT2D eigenvalue weighted by Gasteiger charge is 2.25. The Morgan fingerprint density at radius 1 is 1.39 bits per heavy atom. The van der Waals surface area contributed by atoms with Gasteiger partial charge in [0, 0.05) is 13.2 Å². The molecule has 1 unspecified atom stereocenters. The molecular weight excluding hydrogens is 232 g/mol. The molecule has 0 spiro atoms. The molecule has 1 heterocycles. The maximum Gasteiger partial charge on any atom is 0.309 e. The summed E-state index contributed by atoms with van der Waals surface area (Å²) in [5.41, 5.74) is -0.619. The third-order valence-electron chi connectivity index (χ3n) is 3.50. The zero-order valence-corrected chi connectivity index (χ0v) is 11.6. The maximum atomic E-state index is 10.9. The van der Waals surface area contributed by atoms with Gasteiger partial charge >= 0.3 is 5.97 Å². The van der Waals surface area contributed by atoms with Crippen LogP contribution in [0.5, 0.6) is 0 Å². The van der Waals surface area contributed by atoms with Gasteiger partial charge in [0.15, 0.2) is 0 Å². The van der Waals surface area contributed by atoms with Crippen LogP contribution in [0.2, 0.25) is 0 Å². The summed E-state index contributed by atoms with van der Waals surface area (Å²) in [6.07, 6.45) is 6.29. The van der Waals surface area contributed by atoms with Gasteiger partial charge in [-0.2, -0.15) is 0 Å². The van der Waals surface area contributed by atoms with Gasteiger partial charge in [0.25, 0.3) is 0 Å². The van der Waals surface area contributed by atoms with Gasteiger partial charge in [0.1, 0.15) is 0 Å². The van der Waals surface area contributed by atoms with Crippen molar-refractivity contribution in [2.75, 3.05) is 19.8 Å². The molecule has 1 aliphatic heterocycles. The van der Waals surface area contributed by atoms with Crippen molar-refractivity contribution in [2.24, 2.45) is 5.41 Å². The number of rotatable bonds is 8. The van der Waals surface area contributed by atoms with Crippen LogP contribution in [0, 0.1) is 5.41 Å². The van der Waals surface area contributed by atoms with E-state index in [1.165, 1.54) is 12.8 Å². The Bertz CT molecular complexity index is 244. The van der Waals surface area contributed by atoms with Crippen LogP contribution in [0.4, 0.5) is 0 Å². The average molecular weight is 258 g/mol. The Balaban J connectivity index is 1.97. The second-order valence-electron chi connectivity index (χ2n) is 5.71. The van der Waals surface area contributed by atoms with E-state index in [-0.39, 0.29) is 6.10 Å². The van der Waals surface area contributed by atoms with E-state index in [0.29, 0.717) is 19.6 Å². The van der Waals surface area contributed by atoms with Crippen molar-refractivity contribution in [3.8, 4) is 0 Å². The zero-order chi connectivity index (χ0) is 13.4. The van der Waals surface area contributed by atoms with Crippen molar-refractivity contribution in [2.45, 2.75) is 58.5 Å². The van der Waals surface area contributed by atoms with Crippen LogP contribution in [-0.2, 0) is 14.3 Å². The lowest BCUT2D eigenvalue weighted by Gasteiger charge is -2.22. The summed E-state index contributed by atoms with van der Waals surface area (Å²) in [4.78, 5) is 10.9. The summed E-state index contributed by atoms with van der Waals surface area (Å²) in [7, 11) is 0. The third-order valence-corrected chi connectivity index (χ3v) is 3.50.